The molecule has 1 aromatic carbocycles. The van der Waals surface area contributed by atoms with E-state index in [4.69, 9.17) is 11.6 Å². The Bertz CT molecular complexity index is 459. The number of ketones is 1. The molecule has 1 aliphatic rings. The lowest BCUT2D eigenvalue weighted by Crippen LogP contribution is -2.18. The van der Waals surface area contributed by atoms with Gasteiger partial charge in [0, 0.05) is 30.3 Å². The Kier molecular flexibility index (Phi) is 2.32. The van der Waals surface area contributed by atoms with Gasteiger partial charge in [0.1, 0.15) is 5.02 Å². The predicted octanol–water partition coefficient (Wildman–Crippen LogP) is 2.25. The summed E-state index contributed by atoms with van der Waals surface area (Å²) in [6, 6.07) is 2.65. The minimum Gasteiger partial charge on any atom is -0.384 e. The number of nitrogens with one attached hydrogen (secondary N) is 1. The van der Waals surface area contributed by atoms with Crippen LogP contribution < -0.4 is 5.32 Å². The molecule has 0 aliphatic carbocycles. The number of carbonyl (C=O) groups is 1. The minimum atomic E-state index is -0.593. The van der Waals surface area contributed by atoms with Crippen LogP contribution in [0.1, 0.15) is 16.8 Å². The molecular weight excluding hydrogens is 220 g/mol. The van der Waals surface area contributed by atoms with E-state index in [0.717, 1.165) is 0 Å². The predicted molar refractivity (Wildman–Crippen MR) is 55.5 cm³/mol. The van der Waals surface area contributed by atoms with Crippen LogP contribution in [0.25, 0.3) is 0 Å². The molecule has 5 nitrogen and oxygen atoms in total. The summed E-state index contributed by atoms with van der Waals surface area (Å²) in [4.78, 5) is 21.5. The van der Waals surface area contributed by atoms with Crippen LogP contribution in [0.2, 0.25) is 5.02 Å². The third-order valence-corrected chi connectivity index (χ3v) is 2.55. The van der Waals surface area contributed by atoms with Crippen LogP contribution in [0, 0.1) is 10.1 Å². The molecule has 0 spiro atoms. The van der Waals surface area contributed by atoms with Crippen LogP contribution in [0.5, 0.6) is 0 Å². The van der Waals surface area contributed by atoms with E-state index in [1.807, 2.05) is 0 Å². The summed E-state index contributed by atoms with van der Waals surface area (Å²) >= 11 is 5.71. The number of nitro benzene ring substituents is 1. The Labute approximate surface area is 90.2 Å². The molecule has 15 heavy (non-hydrogen) atoms. The molecule has 2 rings (SSSR count). The quantitative estimate of drug-likeness (QED) is 0.589. The lowest BCUT2D eigenvalue weighted by molar-refractivity contribution is -0.384. The summed E-state index contributed by atoms with van der Waals surface area (Å²) in [6.45, 7) is 0.542. The summed E-state index contributed by atoms with van der Waals surface area (Å²) in [5.74, 6) is -0.0940. The van der Waals surface area contributed by atoms with Gasteiger partial charge in [-0.15, -0.1) is 0 Å². The highest BCUT2D eigenvalue weighted by Gasteiger charge is 2.23. The van der Waals surface area contributed by atoms with Gasteiger partial charge in [0.25, 0.3) is 5.69 Å². The smallest absolute Gasteiger partial charge is 0.288 e. The number of anilines is 1. The van der Waals surface area contributed by atoms with E-state index in [0.29, 0.717) is 24.2 Å². The molecule has 0 radical (unpaired) electrons. The first kappa shape index (κ1) is 9.92. The van der Waals surface area contributed by atoms with Gasteiger partial charge >= 0.3 is 0 Å². The van der Waals surface area contributed by atoms with Crippen molar-refractivity contribution in [2.75, 3.05) is 11.9 Å². The van der Waals surface area contributed by atoms with Crippen LogP contribution in [0.3, 0.4) is 0 Å². The highest BCUT2D eigenvalue weighted by molar-refractivity contribution is 6.33. The topological polar surface area (TPSA) is 72.2 Å². The maximum absolute atomic E-state index is 11.5. The van der Waals surface area contributed by atoms with E-state index in [9.17, 15) is 14.9 Å². The number of Topliss-reactive ketones (excluding diaryl/α,β-unsaturated/α-hetero) is 1. The van der Waals surface area contributed by atoms with E-state index in [1.54, 1.807) is 0 Å². The maximum Gasteiger partial charge on any atom is 0.288 e. The van der Waals surface area contributed by atoms with Gasteiger partial charge in [-0.2, -0.15) is 0 Å². The Morgan fingerprint density at radius 2 is 2.20 bits per heavy atom. The van der Waals surface area contributed by atoms with Gasteiger partial charge in [-0.1, -0.05) is 11.6 Å². The van der Waals surface area contributed by atoms with E-state index >= 15 is 0 Å². The second-order valence-corrected chi connectivity index (χ2v) is 3.61. The van der Waals surface area contributed by atoms with Gasteiger partial charge in [-0.3, -0.25) is 14.9 Å². The number of nitrogens with zero attached hydrogens (tertiary/aromatic N) is 1. The molecule has 1 aromatic rings. The molecule has 1 aliphatic heterocycles. The zero-order valence-electron chi connectivity index (χ0n) is 7.62. The van der Waals surface area contributed by atoms with Crippen LogP contribution >= 0.6 is 11.6 Å². The third kappa shape index (κ3) is 1.66. The summed E-state index contributed by atoms with van der Waals surface area (Å²) < 4.78 is 0. The number of halogens is 1. The minimum absolute atomic E-state index is 0.0425. The molecule has 0 bridgehead atoms. The molecule has 0 saturated carbocycles. The van der Waals surface area contributed by atoms with Crippen molar-refractivity contribution in [1.82, 2.24) is 0 Å². The van der Waals surface area contributed by atoms with E-state index in [1.165, 1.54) is 12.1 Å². The highest BCUT2D eigenvalue weighted by atomic mass is 35.5. The lowest BCUT2D eigenvalue weighted by Gasteiger charge is -2.16. The largest absolute Gasteiger partial charge is 0.384 e. The first-order valence-electron chi connectivity index (χ1n) is 4.34. The molecule has 78 valence electrons. The molecule has 0 unspecified atom stereocenters. The fourth-order valence-electron chi connectivity index (χ4n) is 1.52. The highest BCUT2D eigenvalue weighted by Crippen LogP contribution is 2.33. The van der Waals surface area contributed by atoms with Crippen molar-refractivity contribution < 1.29 is 9.72 Å². The standard InChI is InChI=1S/C9H7ClN2O3/c10-6-4-7-5(3-8(6)12(14)15)9(13)1-2-11-7/h3-4,11H,1-2H2. The Morgan fingerprint density at radius 1 is 1.47 bits per heavy atom. The number of carbonyl (C=O) groups excluding carboxylic acids is 1. The van der Waals surface area contributed by atoms with Gasteiger partial charge in [0.2, 0.25) is 0 Å². The van der Waals surface area contributed by atoms with Crippen LogP contribution in [0.15, 0.2) is 12.1 Å². The molecule has 6 heteroatoms. The first-order valence-corrected chi connectivity index (χ1v) is 4.72. The number of nitro groups is 1. The SMILES string of the molecule is O=C1CCNc2cc(Cl)c([N+](=O)[O-])cc21. The van der Waals surface area contributed by atoms with Gasteiger partial charge in [-0.05, 0) is 6.07 Å². The summed E-state index contributed by atoms with van der Waals surface area (Å²) in [5.41, 5.74) is 0.687. The Balaban J connectivity index is 2.60. The molecule has 0 saturated heterocycles. The molecule has 1 heterocycles. The number of hydrogen-bond acceptors (Lipinski definition) is 4. The van der Waals surface area contributed by atoms with Crippen molar-refractivity contribution in [3.05, 3.63) is 32.8 Å². The first-order chi connectivity index (χ1) is 7.09. The van der Waals surface area contributed by atoms with E-state index < -0.39 is 4.92 Å². The summed E-state index contributed by atoms with van der Waals surface area (Å²) in [6.07, 6.45) is 0.353. The van der Waals surface area contributed by atoms with Crippen LogP contribution in [-0.4, -0.2) is 17.3 Å². The zero-order chi connectivity index (χ0) is 11.0. The number of benzene rings is 1. The normalized spacial score (nSPS) is 14.3. The fraction of sp³-hybridized carbons (Fsp3) is 0.222. The van der Waals surface area contributed by atoms with E-state index in [2.05, 4.69) is 5.32 Å². The molecule has 0 fully saturated rings. The molecule has 0 aromatic heterocycles. The molecular formula is C9H7ClN2O3. The fourth-order valence-corrected chi connectivity index (χ4v) is 1.76. The zero-order valence-corrected chi connectivity index (χ0v) is 8.37. The van der Waals surface area contributed by atoms with Crippen molar-refractivity contribution in [2.24, 2.45) is 0 Å². The van der Waals surface area contributed by atoms with Crippen molar-refractivity contribution >= 4 is 28.8 Å². The van der Waals surface area contributed by atoms with Crippen molar-refractivity contribution in [2.45, 2.75) is 6.42 Å². The average Bonchev–Trinajstić information content (AvgIpc) is 2.16. The second-order valence-electron chi connectivity index (χ2n) is 3.21. The monoisotopic (exact) mass is 226 g/mol. The molecule has 1 N–H and O–H groups in total. The maximum atomic E-state index is 11.5. The van der Waals surface area contributed by atoms with Gasteiger partial charge in [0.05, 0.1) is 4.92 Å². The van der Waals surface area contributed by atoms with Crippen molar-refractivity contribution in [1.29, 1.82) is 0 Å². The van der Waals surface area contributed by atoms with Crippen LogP contribution in [0.4, 0.5) is 11.4 Å². The Hall–Kier alpha value is -1.62. The Morgan fingerprint density at radius 3 is 2.87 bits per heavy atom. The number of fused-ring (bicyclic) bond motifs is 1. The van der Waals surface area contributed by atoms with Gasteiger partial charge in [-0.25, -0.2) is 0 Å². The number of rotatable bonds is 1. The van der Waals surface area contributed by atoms with Crippen molar-refractivity contribution in [3.63, 3.8) is 0 Å². The average molecular weight is 227 g/mol. The van der Waals surface area contributed by atoms with Crippen LogP contribution in [-0.2, 0) is 0 Å². The summed E-state index contributed by atoms with van der Waals surface area (Å²) in [5, 5.41) is 13.6. The molecule has 0 atom stereocenters. The summed E-state index contributed by atoms with van der Waals surface area (Å²) in [7, 11) is 0. The number of hydrogen-bond donors (Lipinski definition) is 1. The van der Waals surface area contributed by atoms with E-state index in [-0.39, 0.29) is 16.5 Å². The van der Waals surface area contributed by atoms with Crippen molar-refractivity contribution in [3.8, 4) is 0 Å². The van der Waals surface area contributed by atoms with Gasteiger partial charge < -0.3 is 5.32 Å². The molecule has 0 amide bonds. The third-order valence-electron chi connectivity index (χ3n) is 2.25. The second kappa shape index (κ2) is 3.51. The lowest BCUT2D eigenvalue weighted by atomic mass is 10.0. The van der Waals surface area contributed by atoms with Gasteiger partial charge in [0.15, 0.2) is 5.78 Å².